The maximum Gasteiger partial charge on any atom is 0.255 e. The van der Waals surface area contributed by atoms with Crippen LogP contribution in [0, 0.1) is 11.8 Å². The number of carbonyl (C=O) groups excluding carboxylic acids is 3. The second kappa shape index (κ2) is 9.10. The predicted molar refractivity (Wildman–Crippen MR) is 148 cm³/mol. The van der Waals surface area contributed by atoms with Gasteiger partial charge in [-0.3, -0.25) is 19.3 Å². The number of nitrogens with two attached hydrogens (primary N) is 2. The first-order valence-electron chi connectivity index (χ1n) is 12.8. The zero-order valence-electron chi connectivity index (χ0n) is 22.6. The maximum atomic E-state index is 14.0. The van der Waals surface area contributed by atoms with Crippen LogP contribution in [-0.4, -0.2) is 82.6 Å². The number of benzene rings is 2. The zero-order chi connectivity index (χ0) is 29.4. The second-order valence-electron chi connectivity index (χ2n) is 11.1. The molecule has 1 fully saturated rings. The number of anilines is 2. The number of phenols is 1. The van der Waals surface area contributed by atoms with Crippen LogP contribution in [0.1, 0.15) is 17.5 Å². The number of hydrogen-bond acceptors (Lipinski definition) is 10. The summed E-state index contributed by atoms with van der Waals surface area (Å²) in [6, 6.07) is 8.07. The highest BCUT2D eigenvalue weighted by Crippen LogP contribution is 2.54. The molecule has 11 nitrogen and oxygen atoms in total. The van der Waals surface area contributed by atoms with Crippen molar-refractivity contribution in [2.45, 2.75) is 24.5 Å². The van der Waals surface area contributed by atoms with Crippen LogP contribution >= 0.6 is 0 Å². The highest BCUT2D eigenvalue weighted by molar-refractivity contribution is 6.24. The van der Waals surface area contributed by atoms with Gasteiger partial charge in [-0.15, -0.1) is 0 Å². The van der Waals surface area contributed by atoms with Crippen molar-refractivity contribution in [3.63, 3.8) is 0 Å². The molecule has 4 atom stereocenters. The molecule has 40 heavy (non-hydrogen) atoms. The third kappa shape index (κ3) is 3.61. The van der Waals surface area contributed by atoms with Gasteiger partial charge in [0.2, 0.25) is 5.78 Å². The molecule has 3 aliphatic carbocycles. The third-order valence-electron chi connectivity index (χ3n) is 8.44. The van der Waals surface area contributed by atoms with E-state index in [1.165, 1.54) is 4.90 Å². The smallest absolute Gasteiger partial charge is 0.255 e. The quantitative estimate of drug-likeness (QED) is 0.184. The van der Waals surface area contributed by atoms with Crippen molar-refractivity contribution in [1.29, 1.82) is 0 Å². The molecule has 1 saturated carbocycles. The van der Waals surface area contributed by atoms with Crippen molar-refractivity contribution in [3.05, 3.63) is 58.4 Å². The van der Waals surface area contributed by atoms with Gasteiger partial charge in [0, 0.05) is 31.3 Å². The molecule has 3 aliphatic rings. The van der Waals surface area contributed by atoms with Gasteiger partial charge in [0.05, 0.1) is 17.3 Å². The summed E-state index contributed by atoms with van der Waals surface area (Å²) in [5.74, 6) is -7.07. The van der Waals surface area contributed by atoms with E-state index in [2.05, 4.69) is 0 Å². The van der Waals surface area contributed by atoms with Crippen molar-refractivity contribution in [2.75, 3.05) is 38.8 Å². The van der Waals surface area contributed by atoms with Gasteiger partial charge >= 0.3 is 0 Å². The number of rotatable bonds is 4. The zero-order valence-corrected chi connectivity index (χ0v) is 22.6. The van der Waals surface area contributed by atoms with Crippen LogP contribution < -0.4 is 16.4 Å². The molecular formula is C29H32N4O7. The number of carbonyl (C=O) groups is 3. The number of aliphatic hydroxyl groups is 3. The minimum absolute atomic E-state index is 0.00983. The number of fused-ring (bicyclic) bond motifs is 3. The normalized spacial score (nSPS) is 26.0. The van der Waals surface area contributed by atoms with Crippen molar-refractivity contribution >= 4 is 34.6 Å². The summed E-state index contributed by atoms with van der Waals surface area (Å²) < 4.78 is 0. The Kier molecular flexibility index (Phi) is 6.20. The van der Waals surface area contributed by atoms with Crippen molar-refractivity contribution < 1.29 is 34.8 Å². The fourth-order valence-electron chi connectivity index (χ4n) is 6.53. The third-order valence-corrected chi connectivity index (χ3v) is 8.44. The average molecular weight is 549 g/mol. The lowest BCUT2D eigenvalue weighted by molar-refractivity contribution is -0.153. The number of amides is 1. The van der Waals surface area contributed by atoms with Gasteiger partial charge < -0.3 is 36.8 Å². The largest absolute Gasteiger partial charge is 0.508 e. The van der Waals surface area contributed by atoms with E-state index in [9.17, 15) is 34.8 Å². The SMILES string of the molecule is CN(C)c1ccc(-c2cc(N)c(O)c3c2C[C@H]2C[C@H]4[C@@H](N(C)C)C(=O)C(C(N)=O)=C(O)[C@@]4(O)C(=O)C2=C3O)cc1. The van der Waals surface area contributed by atoms with Crippen molar-refractivity contribution in [3.8, 4) is 16.9 Å². The second-order valence-corrected chi connectivity index (χ2v) is 11.1. The maximum absolute atomic E-state index is 14.0. The number of nitrogen functional groups attached to an aromatic ring is 1. The van der Waals surface area contributed by atoms with E-state index < -0.39 is 63.8 Å². The van der Waals surface area contributed by atoms with Gasteiger partial charge in [-0.25, -0.2) is 0 Å². The number of ketones is 2. The molecule has 2 aromatic carbocycles. The summed E-state index contributed by atoms with van der Waals surface area (Å²) in [6.07, 6.45) is 0.184. The van der Waals surface area contributed by atoms with Gasteiger partial charge in [-0.2, -0.15) is 0 Å². The van der Waals surface area contributed by atoms with Crippen LogP contribution in [0.15, 0.2) is 47.2 Å². The molecule has 8 N–H and O–H groups in total. The van der Waals surface area contributed by atoms with Crippen LogP contribution in [0.2, 0.25) is 0 Å². The van der Waals surface area contributed by atoms with E-state index in [0.29, 0.717) is 11.1 Å². The average Bonchev–Trinajstić information content (AvgIpc) is 2.88. The Bertz CT molecular complexity index is 1540. The van der Waals surface area contributed by atoms with E-state index in [0.717, 1.165) is 11.3 Å². The van der Waals surface area contributed by atoms with Crippen molar-refractivity contribution in [1.82, 2.24) is 4.90 Å². The van der Waals surface area contributed by atoms with Crippen LogP contribution in [0.25, 0.3) is 16.9 Å². The molecule has 0 spiro atoms. The van der Waals surface area contributed by atoms with Gasteiger partial charge in [0.25, 0.3) is 5.91 Å². The van der Waals surface area contributed by atoms with Gasteiger partial charge in [-0.05, 0) is 67.7 Å². The summed E-state index contributed by atoms with van der Waals surface area (Å²) in [6.45, 7) is 0. The first-order valence-corrected chi connectivity index (χ1v) is 12.8. The van der Waals surface area contributed by atoms with Gasteiger partial charge in [0.15, 0.2) is 11.4 Å². The van der Waals surface area contributed by atoms with Crippen LogP contribution in [0.3, 0.4) is 0 Å². The Morgan fingerprint density at radius 1 is 1.05 bits per heavy atom. The van der Waals surface area contributed by atoms with Crippen LogP contribution in [-0.2, 0) is 20.8 Å². The van der Waals surface area contributed by atoms with E-state index in [1.54, 1.807) is 20.2 Å². The van der Waals surface area contributed by atoms with Crippen LogP contribution in [0.4, 0.5) is 11.4 Å². The van der Waals surface area contributed by atoms with Crippen molar-refractivity contribution in [2.24, 2.45) is 17.6 Å². The van der Waals surface area contributed by atoms with E-state index in [1.807, 2.05) is 43.3 Å². The molecule has 2 aromatic rings. The molecule has 0 aliphatic heterocycles. The highest BCUT2D eigenvalue weighted by Gasteiger charge is 2.64. The lowest BCUT2D eigenvalue weighted by atomic mass is 9.57. The molecule has 0 aromatic heterocycles. The monoisotopic (exact) mass is 548 g/mol. The standard InChI is InChI=1S/C29H32N4O7/c1-32(2)14-7-5-12(6-8-14)15-11-18(30)23(34)20-16(15)9-13-10-17-22(33(3)4)25(36)21(28(31)39)27(38)29(17,40)26(37)19(13)24(20)35/h5-8,11,13,17,22,34-35,38,40H,9-10,30H2,1-4H3,(H2,31,39)/t13-,17-,22+,29-/m0/s1. The number of likely N-dealkylation sites (N-methyl/N-ethyl adjacent to an activating group) is 1. The number of nitrogens with zero attached hydrogens (tertiary/aromatic N) is 2. The molecular weight excluding hydrogens is 516 g/mol. The summed E-state index contributed by atoms with van der Waals surface area (Å²) >= 11 is 0. The number of aliphatic hydroxyl groups excluding tert-OH is 2. The molecule has 11 heteroatoms. The Hall–Kier alpha value is -4.35. The van der Waals surface area contributed by atoms with Gasteiger partial charge in [0.1, 0.15) is 22.8 Å². The molecule has 0 radical (unpaired) electrons. The highest BCUT2D eigenvalue weighted by atomic mass is 16.3. The lowest BCUT2D eigenvalue weighted by Crippen LogP contribution is -2.65. The number of Topliss-reactive ketones (excluding diaryl/α,β-unsaturated/α-hetero) is 2. The van der Waals surface area contributed by atoms with E-state index in [-0.39, 0.29) is 29.7 Å². The number of aromatic hydroxyl groups is 1. The van der Waals surface area contributed by atoms with Gasteiger partial charge in [-0.1, -0.05) is 12.1 Å². The summed E-state index contributed by atoms with van der Waals surface area (Å²) in [5, 5.41) is 45.1. The fourth-order valence-corrected chi connectivity index (χ4v) is 6.53. The molecule has 0 saturated heterocycles. The molecule has 210 valence electrons. The summed E-state index contributed by atoms with van der Waals surface area (Å²) in [5.41, 5.74) is 10.6. The van der Waals surface area contributed by atoms with E-state index >= 15 is 0 Å². The summed E-state index contributed by atoms with van der Waals surface area (Å²) in [4.78, 5) is 42.8. The fraction of sp³-hybridized carbons (Fsp3) is 0.345. The minimum atomic E-state index is -2.69. The molecule has 0 bridgehead atoms. The lowest BCUT2D eigenvalue weighted by Gasteiger charge is -2.50. The Morgan fingerprint density at radius 2 is 1.68 bits per heavy atom. The van der Waals surface area contributed by atoms with E-state index in [4.69, 9.17) is 11.5 Å². The first-order chi connectivity index (χ1) is 18.7. The number of hydrogen-bond donors (Lipinski definition) is 6. The summed E-state index contributed by atoms with van der Waals surface area (Å²) in [7, 11) is 6.95. The predicted octanol–water partition coefficient (Wildman–Crippen LogP) is 1.28. The Balaban J connectivity index is 1.73. The molecule has 1 amide bonds. The van der Waals surface area contributed by atoms with Crippen LogP contribution in [0.5, 0.6) is 5.75 Å². The minimum Gasteiger partial charge on any atom is -0.508 e. The first kappa shape index (κ1) is 27.2. The molecule has 0 heterocycles. The molecule has 5 rings (SSSR count). The topological polar surface area (TPSA) is 191 Å². The Labute approximate surface area is 230 Å². The number of phenolic OH excluding ortho intramolecular Hbond substituents is 1. The number of primary amides is 1. The molecule has 0 unspecified atom stereocenters. The Morgan fingerprint density at radius 3 is 2.23 bits per heavy atom.